The van der Waals surface area contributed by atoms with Crippen LogP contribution >= 0.6 is 23.4 Å². The SMILES string of the molecule is CSC1(CNC(=O)c2cnc(C)cc2Cl)CCC1. The molecule has 1 aromatic rings. The Labute approximate surface area is 117 Å². The summed E-state index contributed by atoms with van der Waals surface area (Å²) in [5.74, 6) is -0.132. The lowest BCUT2D eigenvalue weighted by Gasteiger charge is -2.40. The van der Waals surface area contributed by atoms with Crippen LogP contribution in [0.25, 0.3) is 0 Å². The molecule has 0 spiro atoms. The molecule has 0 saturated heterocycles. The minimum atomic E-state index is -0.132. The molecule has 5 heteroatoms. The number of nitrogens with one attached hydrogen (secondary N) is 1. The molecule has 2 rings (SSSR count). The number of nitrogens with zero attached hydrogens (tertiary/aromatic N) is 1. The first-order chi connectivity index (χ1) is 8.56. The smallest absolute Gasteiger partial charge is 0.254 e. The van der Waals surface area contributed by atoms with Crippen LogP contribution in [0.15, 0.2) is 12.3 Å². The van der Waals surface area contributed by atoms with E-state index in [0.29, 0.717) is 17.1 Å². The van der Waals surface area contributed by atoms with Gasteiger partial charge in [-0.1, -0.05) is 18.0 Å². The first kappa shape index (κ1) is 13.7. The zero-order chi connectivity index (χ0) is 13.2. The van der Waals surface area contributed by atoms with E-state index in [-0.39, 0.29) is 10.7 Å². The van der Waals surface area contributed by atoms with E-state index in [1.165, 1.54) is 19.3 Å². The molecule has 1 aliphatic rings. The Morgan fingerprint density at radius 1 is 1.61 bits per heavy atom. The van der Waals surface area contributed by atoms with E-state index in [4.69, 9.17) is 11.6 Å². The Bertz CT molecular complexity index is 455. The monoisotopic (exact) mass is 284 g/mol. The number of pyridine rings is 1. The molecule has 3 nitrogen and oxygen atoms in total. The third-order valence-electron chi connectivity index (χ3n) is 3.50. The van der Waals surface area contributed by atoms with Crippen molar-refractivity contribution in [1.82, 2.24) is 10.3 Å². The van der Waals surface area contributed by atoms with Crippen molar-refractivity contribution in [3.63, 3.8) is 0 Å². The van der Waals surface area contributed by atoms with Crippen LogP contribution in [0.3, 0.4) is 0 Å². The first-order valence-corrected chi connectivity index (χ1v) is 7.62. The summed E-state index contributed by atoms with van der Waals surface area (Å²) >= 11 is 7.89. The van der Waals surface area contributed by atoms with Crippen LogP contribution in [0.5, 0.6) is 0 Å². The largest absolute Gasteiger partial charge is 0.351 e. The summed E-state index contributed by atoms with van der Waals surface area (Å²) in [6, 6.07) is 1.71. The van der Waals surface area contributed by atoms with Gasteiger partial charge in [0.2, 0.25) is 0 Å². The summed E-state index contributed by atoms with van der Waals surface area (Å²) < 4.78 is 0.236. The predicted octanol–water partition coefficient (Wildman–Crippen LogP) is 3.06. The molecule has 0 aromatic carbocycles. The van der Waals surface area contributed by atoms with E-state index in [1.54, 1.807) is 12.3 Å². The van der Waals surface area contributed by atoms with Crippen LogP contribution in [0, 0.1) is 6.92 Å². The van der Waals surface area contributed by atoms with Gasteiger partial charge in [0.1, 0.15) is 0 Å². The van der Waals surface area contributed by atoms with Gasteiger partial charge < -0.3 is 5.32 Å². The highest BCUT2D eigenvalue weighted by molar-refractivity contribution is 8.00. The van der Waals surface area contributed by atoms with E-state index < -0.39 is 0 Å². The molecule has 1 aliphatic carbocycles. The van der Waals surface area contributed by atoms with Gasteiger partial charge in [-0.15, -0.1) is 0 Å². The van der Waals surface area contributed by atoms with Crippen LogP contribution in [0.1, 0.15) is 35.3 Å². The zero-order valence-electron chi connectivity index (χ0n) is 10.6. The number of aromatic nitrogens is 1. The normalized spacial score (nSPS) is 17.1. The molecule has 1 aromatic heterocycles. The van der Waals surface area contributed by atoms with Crippen LogP contribution in [0.2, 0.25) is 5.02 Å². The summed E-state index contributed by atoms with van der Waals surface area (Å²) in [5, 5.41) is 3.43. The number of thioether (sulfide) groups is 1. The molecule has 0 unspecified atom stereocenters. The minimum Gasteiger partial charge on any atom is -0.351 e. The number of halogens is 1. The fraction of sp³-hybridized carbons (Fsp3) is 0.538. The predicted molar refractivity (Wildman–Crippen MR) is 76.4 cm³/mol. The summed E-state index contributed by atoms with van der Waals surface area (Å²) in [6.45, 7) is 2.56. The van der Waals surface area contributed by atoms with Gasteiger partial charge in [-0.3, -0.25) is 9.78 Å². The highest BCUT2D eigenvalue weighted by Crippen LogP contribution is 2.42. The average molecular weight is 285 g/mol. The number of hydrogen-bond acceptors (Lipinski definition) is 3. The van der Waals surface area contributed by atoms with Crippen molar-refractivity contribution in [3.05, 3.63) is 28.5 Å². The summed E-state index contributed by atoms with van der Waals surface area (Å²) in [6.07, 6.45) is 7.25. The van der Waals surface area contributed by atoms with Gasteiger partial charge in [0, 0.05) is 23.2 Å². The molecule has 1 fully saturated rings. The van der Waals surface area contributed by atoms with E-state index >= 15 is 0 Å². The summed E-state index contributed by atoms with van der Waals surface area (Å²) in [5.41, 5.74) is 1.27. The molecule has 0 radical (unpaired) electrons. The molecule has 1 N–H and O–H groups in total. The molecule has 1 heterocycles. The third-order valence-corrected chi connectivity index (χ3v) is 5.24. The van der Waals surface area contributed by atoms with Crippen molar-refractivity contribution >= 4 is 29.3 Å². The number of carbonyl (C=O) groups excluding carboxylic acids is 1. The highest BCUT2D eigenvalue weighted by Gasteiger charge is 2.36. The minimum absolute atomic E-state index is 0.132. The molecule has 98 valence electrons. The molecule has 18 heavy (non-hydrogen) atoms. The third kappa shape index (κ3) is 2.81. The molecular weight excluding hydrogens is 268 g/mol. The second kappa shape index (κ2) is 5.49. The maximum absolute atomic E-state index is 12.0. The maximum Gasteiger partial charge on any atom is 0.254 e. The quantitative estimate of drug-likeness (QED) is 0.924. The Morgan fingerprint density at radius 2 is 2.33 bits per heavy atom. The molecule has 0 aliphatic heterocycles. The Hall–Kier alpha value is -0.740. The van der Waals surface area contributed by atoms with Gasteiger partial charge >= 0.3 is 0 Å². The molecule has 1 saturated carbocycles. The number of hydrogen-bond donors (Lipinski definition) is 1. The summed E-state index contributed by atoms with van der Waals surface area (Å²) in [7, 11) is 0. The Balaban J connectivity index is 1.99. The van der Waals surface area contributed by atoms with Crippen LogP contribution < -0.4 is 5.32 Å². The molecular formula is C13H17ClN2OS. The van der Waals surface area contributed by atoms with Crippen molar-refractivity contribution in [2.45, 2.75) is 30.9 Å². The number of amides is 1. The van der Waals surface area contributed by atoms with Crippen LogP contribution in [-0.4, -0.2) is 28.4 Å². The van der Waals surface area contributed by atoms with Crippen molar-refractivity contribution < 1.29 is 4.79 Å². The molecule has 0 atom stereocenters. The Kier molecular flexibility index (Phi) is 4.17. The Morgan fingerprint density at radius 3 is 2.83 bits per heavy atom. The second-order valence-electron chi connectivity index (χ2n) is 4.73. The van der Waals surface area contributed by atoms with Gasteiger partial charge in [-0.2, -0.15) is 11.8 Å². The van der Waals surface area contributed by atoms with E-state index in [0.717, 1.165) is 5.69 Å². The van der Waals surface area contributed by atoms with Crippen molar-refractivity contribution in [1.29, 1.82) is 0 Å². The molecule has 0 bridgehead atoms. The van der Waals surface area contributed by atoms with E-state index in [2.05, 4.69) is 16.6 Å². The fourth-order valence-electron chi connectivity index (χ4n) is 2.05. The lowest BCUT2D eigenvalue weighted by molar-refractivity contribution is 0.0943. The fourth-order valence-corrected chi connectivity index (χ4v) is 3.26. The van der Waals surface area contributed by atoms with Gasteiger partial charge in [0.25, 0.3) is 5.91 Å². The second-order valence-corrected chi connectivity index (χ2v) is 6.41. The number of aryl methyl sites for hydroxylation is 1. The highest BCUT2D eigenvalue weighted by atomic mass is 35.5. The van der Waals surface area contributed by atoms with Crippen LogP contribution in [-0.2, 0) is 0 Å². The lowest BCUT2D eigenvalue weighted by Crippen LogP contribution is -2.45. The van der Waals surface area contributed by atoms with Crippen molar-refractivity contribution in [2.75, 3.05) is 12.8 Å². The van der Waals surface area contributed by atoms with Gasteiger partial charge in [0.05, 0.1) is 10.6 Å². The maximum atomic E-state index is 12.0. The lowest BCUT2D eigenvalue weighted by atomic mass is 9.84. The van der Waals surface area contributed by atoms with Gasteiger partial charge in [0.15, 0.2) is 0 Å². The van der Waals surface area contributed by atoms with Crippen molar-refractivity contribution in [3.8, 4) is 0 Å². The average Bonchev–Trinajstić information content (AvgIpc) is 2.27. The van der Waals surface area contributed by atoms with Gasteiger partial charge in [-0.05, 0) is 32.1 Å². The van der Waals surface area contributed by atoms with Crippen molar-refractivity contribution in [2.24, 2.45) is 0 Å². The van der Waals surface area contributed by atoms with Gasteiger partial charge in [-0.25, -0.2) is 0 Å². The standard InChI is InChI=1S/C13H17ClN2OS/c1-9-6-11(14)10(7-15-9)12(17)16-8-13(18-2)4-3-5-13/h6-7H,3-5,8H2,1-2H3,(H,16,17). The topological polar surface area (TPSA) is 42.0 Å². The first-order valence-electron chi connectivity index (χ1n) is 6.02. The van der Waals surface area contributed by atoms with E-state index in [9.17, 15) is 4.79 Å². The van der Waals surface area contributed by atoms with Crippen LogP contribution in [0.4, 0.5) is 0 Å². The number of carbonyl (C=O) groups is 1. The molecule has 1 amide bonds. The summed E-state index contributed by atoms with van der Waals surface area (Å²) in [4.78, 5) is 16.1. The number of rotatable bonds is 4. The van der Waals surface area contributed by atoms with E-state index in [1.807, 2.05) is 18.7 Å². The zero-order valence-corrected chi connectivity index (χ0v) is 12.2.